The molecular formula is C9H6BrNO3. The largest absolute Gasteiger partial charge is 0.506 e. The Balaban J connectivity index is 2.97. The number of benzene rings is 1. The lowest BCUT2D eigenvalue weighted by Gasteiger charge is -1.99. The highest BCUT2D eigenvalue weighted by atomic mass is 79.9. The third-order valence-corrected chi connectivity index (χ3v) is 2.63. The van der Waals surface area contributed by atoms with Crippen molar-refractivity contribution >= 4 is 33.2 Å². The smallest absolute Gasteiger partial charge is 0.181 e. The number of fused-ring (bicyclic) bond motifs is 1. The number of hydrogen-bond acceptors (Lipinski definition) is 4. The van der Waals surface area contributed by atoms with Crippen LogP contribution in [0.2, 0.25) is 0 Å². The van der Waals surface area contributed by atoms with Gasteiger partial charge < -0.3 is 9.63 Å². The molecule has 2 rings (SSSR count). The molecule has 0 saturated heterocycles. The molecule has 0 unspecified atom stereocenters. The fourth-order valence-corrected chi connectivity index (χ4v) is 1.72. The van der Waals surface area contributed by atoms with Crippen molar-refractivity contribution in [2.45, 2.75) is 6.92 Å². The minimum atomic E-state index is -0.122. The number of phenols is 1. The van der Waals surface area contributed by atoms with Crippen LogP contribution in [0.25, 0.3) is 11.0 Å². The van der Waals surface area contributed by atoms with Gasteiger partial charge in [-0.15, -0.1) is 0 Å². The molecule has 1 heterocycles. The van der Waals surface area contributed by atoms with Gasteiger partial charge in [0, 0.05) is 5.39 Å². The number of halogens is 1. The maximum absolute atomic E-state index is 10.7. The summed E-state index contributed by atoms with van der Waals surface area (Å²) in [5, 5.41) is 14.0. The molecule has 0 bridgehead atoms. The summed E-state index contributed by atoms with van der Waals surface area (Å²) in [5.41, 5.74) is 1.12. The van der Waals surface area contributed by atoms with Crippen molar-refractivity contribution in [3.63, 3.8) is 0 Å². The first-order valence-corrected chi connectivity index (χ1v) is 4.67. The molecule has 0 saturated carbocycles. The molecular weight excluding hydrogens is 250 g/mol. The molecule has 0 radical (unpaired) electrons. The fraction of sp³-hybridized carbons (Fsp3) is 0.111. The molecule has 0 fully saturated rings. The Bertz CT molecular complexity index is 518. The first-order chi connectivity index (χ1) is 6.65. The van der Waals surface area contributed by atoms with Crippen LogP contribution in [-0.4, -0.2) is 16.5 Å². The van der Waals surface area contributed by atoms with E-state index in [1.807, 2.05) is 0 Å². The number of rotatable bonds is 1. The predicted octanol–water partition coefficient (Wildman–Crippen LogP) is 2.42. The molecule has 14 heavy (non-hydrogen) atoms. The molecule has 0 spiro atoms. The molecule has 4 nitrogen and oxygen atoms in total. The Morgan fingerprint density at radius 1 is 1.64 bits per heavy atom. The van der Waals surface area contributed by atoms with Gasteiger partial charge in [-0.3, -0.25) is 4.79 Å². The van der Waals surface area contributed by atoms with E-state index in [-0.39, 0.29) is 11.3 Å². The predicted molar refractivity (Wildman–Crippen MR) is 53.5 cm³/mol. The molecule has 0 aliphatic rings. The van der Waals surface area contributed by atoms with Crippen molar-refractivity contribution in [2.24, 2.45) is 0 Å². The zero-order valence-electron chi connectivity index (χ0n) is 7.24. The maximum atomic E-state index is 10.7. The number of phenolic OH excluding ortho intramolecular Hbond substituents is 1. The van der Waals surface area contributed by atoms with E-state index >= 15 is 0 Å². The Morgan fingerprint density at radius 3 is 3.00 bits per heavy atom. The van der Waals surface area contributed by atoms with Gasteiger partial charge in [0.15, 0.2) is 11.9 Å². The molecule has 2 aromatic rings. The van der Waals surface area contributed by atoms with Crippen LogP contribution in [0, 0.1) is 6.92 Å². The number of nitrogens with zero attached hydrogens (tertiary/aromatic N) is 1. The first-order valence-electron chi connectivity index (χ1n) is 3.87. The van der Waals surface area contributed by atoms with Crippen LogP contribution in [-0.2, 0) is 0 Å². The lowest BCUT2D eigenvalue weighted by molar-refractivity contribution is 0.112. The standard InChI is InChI=1S/C9H6BrNO3/c1-4-5-2-7(10)8(13)6(3-12)9(5)14-11-4/h2-3,13H,1H3. The van der Waals surface area contributed by atoms with E-state index in [2.05, 4.69) is 21.1 Å². The van der Waals surface area contributed by atoms with Gasteiger partial charge in [0.2, 0.25) is 0 Å². The number of aromatic hydroxyl groups is 1. The zero-order chi connectivity index (χ0) is 10.3. The minimum absolute atomic E-state index is 0.120. The average molecular weight is 256 g/mol. The summed E-state index contributed by atoms with van der Waals surface area (Å²) in [6.07, 6.45) is 0.549. The highest BCUT2D eigenvalue weighted by molar-refractivity contribution is 9.10. The van der Waals surface area contributed by atoms with Crippen molar-refractivity contribution in [1.29, 1.82) is 0 Å². The molecule has 0 amide bonds. The van der Waals surface area contributed by atoms with Gasteiger partial charge in [0.1, 0.15) is 11.3 Å². The van der Waals surface area contributed by atoms with E-state index in [1.54, 1.807) is 13.0 Å². The Hall–Kier alpha value is -1.36. The quantitative estimate of drug-likeness (QED) is 0.796. The van der Waals surface area contributed by atoms with Crippen LogP contribution in [0.15, 0.2) is 15.1 Å². The van der Waals surface area contributed by atoms with Gasteiger partial charge in [0.05, 0.1) is 10.2 Å². The molecule has 0 atom stereocenters. The molecule has 0 aliphatic carbocycles. The average Bonchev–Trinajstić information content (AvgIpc) is 2.51. The minimum Gasteiger partial charge on any atom is -0.506 e. The van der Waals surface area contributed by atoms with E-state index in [0.29, 0.717) is 22.0 Å². The third kappa shape index (κ3) is 1.13. The molecule has 72 valence electrons. The number of aromatic nitrogens is 1. The number of aldehydes is 1. The van der Waals surface area contributed by atoms with Crippen LogP contribution in [0.3, 0.4) is 0 Å². The van der Waals surface area contributed by atoms with Crippen molar-refractivity contribution < 1.29 is 14.4 Å². The van der Waals surface area contributed by atoms with E-state index in [4.69, 9.17) is 4.52 Å². The number of hydrogen-bond donors (Lipinski definition) is 1. The van der Waals surface area contributed by atoms with E-state index in [1.165, 1.54) is 0 Å². The molecule has 1 aromatic heterocycles. The number of aryl methyl sites for hydroxylation is 1. The summed E-state index contributed by atoms with van der Waals surface area (Å²) in [4.78, 5) is 10.7. The van der Waals surface area contributed by atoms with E-state index in [0.717, 1.165) is 5.39 Å². The van der Waals surface area contributed by atoms with Gasteiger partial charge >= 0.3 is 0 Å². The van der Waals surface area contributed by atoms with Crippen LogP contribution in [0.4, 0.5) is 0 Å². The highest BCUT2D eigenvalue weighted by Gasteiger charge is 2.15. The summed E-state index contributed by atoms with van der Waals surface area (Å²) in [7, 11) is 0. The SMILES string of the molecule is Cc1noc2c(C=O)c(O)c(Br)cc12. The van der Waals surface area contributed by atoms with Gasteiger partial charge in [-0.2, -0.15) is 0 Å². The Kier molecular flexibility index (Phi) is 2.03. The van der Waals surface area contributed by atoms with Gasteiger partial charge in [-0.05, 0) is 28.9 Å². The van der Waals surface area contributed by atoms with Crippen molar-refractivity contribution in [1.82, 2.24) is 5.16 Å². The second kappa shape index (κ2) is 3.09. The summed E-state index contributed by atoms with van der Waals surface area (Å²) in [5.74, 6) is -0.122. The monoisotopic (exact) mass is 255 g/mol. The van der Waals surface area contributed by atoms with Crippen molar-refractivity contribution in [3.05, 3.63) is 21.8 Å². The van der Waals surface area contributed by atoms with Crippen LogP contribution in [0.1, 0.15) is 16.1 Å². The number of carbonyl (C=O) groups is 1. The van der Waals surface area contributed by atoms with Crippen molar-refractivity contribution in [2.75, 3.05) is 0 Å². The molecule has 0 aliphatic heterocycles. The summed E-state index contributed by atoms with van der Waals surface area (Å²) in [6.45, 7) is 1.77. The lowest BCUT2D eigenvalue weighted by Crippen LogP contribution is -1.84. The second-order valence-electron chi connectivity index (χ2n) is 2.88. The third-order valence-electron chi connectivity index (χ3n) is 2.02. The first kappa shape index (κ1) is 9.21. The fourth-order valence-electron chi connectivity index (χ4n) is 1.28. The lowest BCUT2D eigenvalue weighted by atomic mass is 10.1. The van der Waals surface area contributed by atoms with Crippen molar-refractivity contribution in [3.8, 4) is 5.75 Å². The molecule has 1 N–H and O–H groups in total. The van der Waals surface area contributed by atoms with E-state index in [9.17, 15) is 9.90 Å². The molecule has 1 aromatic carbocycles. The highest BCUT2D eigenvalue weighted by Crippen LogP contribution is 2.34. The van der Waals surface area contributed by atoms with Crippen LogP contribution >= 0.6 is 15.9 Å². The summed E-state index contributed by atoms with van der Waals surface area (Å²) < 4.78 is 5.40. The maximum Gasteiger partial charge on any atom is 0.181 e. The van der Waals surface area contributed by atoms with Gasteiger partial charge in [-0.1, -0.05) is 5.16 Å². The summed E-state index contributed by atoms with van der Waals surface area (Å²) in [6, 6.07) is 1.67. The second-order valence-corrected chi connectivity index (χ2v) is 3.74. The Morgan fingerprint density at radius 2 is 2.36 bits per heavy atom. The van der Waals surface area contributed by atoms with Gasteiger partial charge in [-0.25, -0.2) is 0 Å². The van der Waals surface area contributed by atoms with Gasteiger partial charge in [0.25, 0.3) is 0 Å². The molecule has 5 heteroatoms. The van der Waals surface area contributed by atoms with Crippen LogP contribution in [0.5, 0.6) is 5.75 Å². The van der Waals surface area contributed by atoms with Crippen LogP contribution < -0.4 is 0 Å². The zero-order valence-corrected chi connectivity index (χ0v) is 8.83. The van der Waals surface area contributed by atoms with E-state index < -0.39 is 0 Å². The normalized spacial score (nSPS) is 10.7. The topological polar surface area (TPSA) is 63.3 Å². The number of carbonyl (C=O) groups excluding carboxylic acids is 1. The summed E-state index contributed by atoms with van der Waals surface area (Å²) >= 11 is 3.15. The Labute approximate surface area is 87.6 Å².